The molecule has 0 radical (unpaired) electrons. The summed E-state index contributed by atoms with van der Waals surface area (Å²) in [6, 6.07) is 12.8. The van der Waals surface area contributed by atoms with Gasteiger partial charge in [-0.15, -0.1) is 0 Å². The maximum absolute atomic E-state index is 13.8. The van der Waals surface area contributed by atoms with E-state index in [9.17, 15) is 19.5 Å². The summed E-state index contributed by atoms with van der Waals surface area (Å²) in [5.41, 5.74) is -0.499. The predicted octanol–water partition coefficient (Wildman–Crippen LogP) is 2.95. The number of hydrogen-bond donors (Lipinski definition) is 1. The van der Waals surface area contributed by atoms with Crippen LogP contribution in [0, 0.1) is 5.92 Å². The molecule has 2 aliphatic heterocycles. The first-order chi connectivity index (χ1) is 17.4. The number of imide groups is 1. The number of likely N-dealkylation sites (tertiary alicyclic amines) is 2. The molecule has 36 heavy (non-hydrogen) atoms. The second kappa shape index (κ2) is 11.6. The molecule has 8 heteroatoms. The molecule has 1 aromatic heterocycles. The minimum atomic E-state index is -1.20. The van der Waals surface area contributed by atoms with Gasteiger partial charge in [0.1, 0.15) is 5.75 Å². The third-order valence-electron chi connectivity index (χ3n) is 7.47. The van der Waals surface area contributed by atoms with Crippen molar-refractivity contribution in [3.8, 4) is 5.75 Å². The van der Waals surface area contributed by atoms with Gasteiger partial charge in [-0.3, -0.25) is 24.3 Å². The second-order valence-corrected chi connectivity index (χ2v) is 9.74. The quantitative estimate of drug-likeness (QED) is 0.404. The van der Waals surface area contributed by atoms with Gasteiger partial charge in [0.25, 0.3) is 0 Å². The number of nitrogens with zero attached hydrogens (tertiary/aromatic N) is 3. The van der Waals surface area contributed by atoms with Crippen LogP contribution in [0.3, 0.4) is 0 Å². The number of ether oxygens (including phenoxy) is 1. The molecule has 3 heterocycles. The summed E-state index contributed by atoms with van der Waals surface area (Å²) in [6.07, 6.45) is 5.56. The Bertz CT molecular complexity index is 1040. The SMILES string of the molecule is CC[C@@H](O)C1CCN(C(=O)C[C@]2(c3ccccc3)CC(=O)N(CCCOc3cccnc3)C2=O)CC1. The number of hydrogen-bond acceptors (Lipinski definition) is 6. The van der Waals surface area contributed by atoms with E-state index >= 15 is 0 Å². The van der Waals surface area contributed by atoms with Crippen molar-refractivity contribution in [1.29, 1.82) is 0 Å². The van der Waals surface area contributed by atoms with Crippen LogP contribution < -0.4 is 4.74 Å². The van der Waals surface area contributed by atoms with E-state index in [1.54, 1.807) is 29.4 Å². The van der Waals surface area contributed by atoms with Gasteiger partial charge in [0.05, 0.1) is 24.3 Å². The zero-order valence-electron chi connectivity index (χ0n) is 20.8. The van der Waals surface area contributed by atoms with Crippen LogP contribution in [0.25, 0.3) is 0 Å². The molecule has 2 fully saturated rings. The molecule has 0 saturated carbocycles. The van der Waals surface area contributed by atoms with Crippen molar-refractivity contribution >= 4 is 17.7 Å². The number of aliphatic hydroxyl groups excluding tert-OH is 1. The summed E-state index contributed by atoms with van der Waals surface area (Å²) in [4.78, 5) is 47.3. The molecule has 2 saturated heterocycles. The smallest absolute Gasteiger partial charge is 0.240 e. The number of benzene rings is 1. The molecular weight excluding hydrogens is 458 g/mol. The van der Waals surface area contributed by atoms with E-state index in [0.717, 1.165) is 12.8 Å². The molecule has 0 aliphatic carbocycles. The van der Waals surface area contributed by atoms with Crippen LogP contribution in [-0.2, 0) is 19.8 Å². The van der Waals surface area contributed by atoms with Crippen molar-refractivity contribution in [1.82, 2.24) is 14.8 Å². The van der Waals surface area contributed by atoms with E-state index in [1.165, 1.54) is 4.90 Å². The zero-order valence-corrected chi connectivity index (χ0v) is 20.8. The molecule has 2 aliphatic rings. The zero-order chi connectivity index (χ0) is 25.5. The van der Waals surface area contributed by atoms with Crippen molar-refractivity contribution in [2.75, 3.05) is 26.2 Å². The maximum atomic E-state index is 13.8. The highest BCUT2D eigenvalue weighted by molar-refractivity contribution is 6.10. The van der Waals surface area contributed by atoms with Crippen LogP contribution >= 0.6 is 0 Å². The third kappa shape index (κ3) is 5.59. The molecule has 1 aromatic carbocycles. The van der Waals surface area contributed by atoms with Crippen LogP contribution in [0.1, 0.15) is 51.0 Å². The maximum Gasteiger partial charge on any atom is 0.240 e. The Morgan fingerprint density at radius 3 is 2.58 bits per heavy atom. The standard InChI is InChI=1S/C28H35N3O5/c1-2-24(32)21-11-15-30(16-12-21)25(33)18-28(22-8-4-3-5-9-22)19-26(34)31(27(28)35)14-7-17-36-23-10-6-13-29-20-23/h3-6,8-10,13,20-21,24,32H,2,7,11-12,14-19H2,1H3/t24-,28-/m1/s1. The summed E-state index contributed by atoms with van der Waals surface area (Å²) >= 11 is 0. The Morgan fingerprint density at radius 1 is 1.17 bits per heavy atom. The fourth-order valence-corrected chi connectivity index (χ4v) is 5.33. The summed E-state index contributed by atoms with van der Waals surface area (Å²) in [5.74, 6) is 0.135. The summed E-state index contributed by atoms with van der Waals surface area (Å²) in [7, 11) is 0. The van der Waals surface area contributed by atoms with E-state index in [2.05, 4.69) is 4.98 Å². The molecule has 4 rings (SSSR count). The van der Waals surface area contributed by atoms with E-state index in [-0.39, 0.29) is 49.1 Å². The topological polar surface area (TPSA) is 100 Å². The average molecular weight is 494 g/mol. The highest BCUT2D eigenvalue weighted by atomic mass is 16.5. The average Bonchev–Trinajstić information content (AvgIpc) is 3.16. The van der Waals surface area contributed by atoms with Gasteiger partial charge >= 0.3 is 0 Å². The first kappa shape index (κ1) is 25.8. The first-order valence-electron chi connectivity index (χ1n) is 12.8. The van der Waals surface area contributed by atoms with Gasteiger partial charge in [0.15, 0.2) is 0 Å². The normalized spacial score (nSPS) is 21.6. The molecule has 0 spiro atoms. The lowest BCUT2D eigenvalue weighted by Gasteiger charge is -2.36. The number of piperidine rings is 1. The Labute approximate surface area is 212 Å². The van der Waals surface area contributed by atoms with Crippen molar-refractivity contribution in [2.45, 2.75) is 57.0 Å². The highest BCUT2D eigenvalue weighted by Gasteiger charge is 2.54. The van der Waals surface area contributed by atoms with Gasteiger partial charge in [-0.1, -0.05) is 37.3 Å². The number of pyridine rings is 1. The van der Waals surface area contributed by atoms with Crippen LogP contribution in [-0.4, -0.2) is 70.0 Å². The van der Waals surface area contributed by atoms with E-state index in [1.807, 2.05) is 37.3 Å². The van der Waals surface area contributed by atoms with Crippen molar-refractivity contribution in [3.05, 3.63) is 60.4 Å². The van der Waals surface area contributed by atoms with Crippen LogP contribution in [0.4, 0.5) is 0 Å². The molecule has 0 bridgehead atoms. The second-order valence-electron chi connectivity index (χ2n) is 9.74. The monoisotopic (exact) mass is 493 g/mol. The van der Waals surface area contributed by atoms with Crippen LogP contribution in [0.5, 0.6) is 5.75 Å². The minimum Gasteiger partial charge on any atom is -0.492 e. The van der Waals surface area contributed by atoms with E-state index in [0.29, 0.717) is 43.9 Å². The van der Waals surface area contributed by atoms with Crippen molar-refractivity contribution in [3.63, 3.8) is 0 Å². The van der Waals surface area contributed by atoms with Gasteiger partial charge in [0.2, 0.25) is 17.7 Å². The first-order valence-corrected chi connectivity index (χ1v) is 12.8. The lowest BCUT2D eigenvalue weighted by molar-refractivity contribution is -0.143. The Balaban J connectivity index is 1.44. The highest BCUT2D eigenvalue weighted by Crippen LogP contribution is 2.40. The Hall–Kier alpha value is -3.26. The van der Waals surface area contributed by atoms with Gasteiger partial charge in [0, 0.05) is 38.7 Å². The molecule has 8 nitrogen and oxygen atoms in total. The lowest BCUT2D eigenvalue weighted by Crippen LogP contribution is -2.46. The number of aromatic nitrogens is 1. The number of aliphatic hydroxyl groups is 1. The van der Waals surface area contributed by atoms with Gasteiger partial charge in [-0.05, 0) is 49.3 Å². The molecular formula is C28H35N3O5. The molecule has 2 aromatic rings. The minimum absolute atomic E-state index is 0.0178. The lowest BCUT2D eigenvalue weighted by atomic mass is 9.75. The Morgan fingerprint density at radius 2 is 1.92 bits per heavy atom. The number of carbonyl (C=O) groups is 3. The molecule has 3 amide bonds. The van der Waals surface area contributed by atoms with Crippen LogP contribution in [0.2, 0.25) is 0 Å². The molecule has 1 N–H and O–H groups in total. The number of amides is 3. The van der Waals surface area contributed by atoms with Gasteiger partial charge in [-0.25, -0.2) is 0 Å². The van der Waals surface area contributed by atoms with Crippen molar-refractivity contribution in [2.24, 2.45) is 5.92 Å². The third-order valence-corrected chi connectivity index (χ3v) is 7.47. The summed E-state index contributed by atoms with van der Waals surface area (Å²) in [6.45, 7) is 3.66. The van der Waals surface area contributed by atoms with E-state index < -0.39 is 5.41 Å². The van der Waals surface area contributed by atoms with Gasteiger partial charge < -0.3 is 14.7 Å². The fraction of sp³-hybridized carbons (Fsp3) is 0.500. The number of rotatable bonds is 10. The summed E-state index contributed by atoms with van der Waals surface area (Å²) in [5, 5.41) is 10.2. The predicted molar refractivity (Wildman–Crippen MR) is 134 cm³/mol. The van der Waals surface area contributed by atoms with Gasteiger partial charge in [-0.2, -0.15) is 0 Å². The molecule has 0 unspecified atom stereocenters. The number of carbonyl (C=O) groups excluding carboxylic acids is 3. The molecule has 2 atom stereocenters. The largest absolute Gasteiger partial charge is 0.492 e. The Kier molecular flexibility index (Phi) is 8.36. The fourth-order valence-electron chi connectivity index (χ4n) is 5.33. The van der Waals surface area contributed by atoms with E-state index in [4.69, 9.17) is 4.74 Å². The van der Waals surface area contributed by atoms with Crippen LogP contribution in [0.15, 0.2) is 54.9 Å². The van der Waals surface area contributed by atoms with Crippen molar-refractivity contribution < 1.29 is 24.2 Å². The summed E-state index contributed by atoms with van der Waals surface area (Å²) < 4.78 is 5.66. The molecule has 192 valence electrons.